The molecule has 0 aliphatic heterocycles. The topological polar surface area (TPSA) is 63.2 Å². The highest BCUT2D eigenvalue weighted by molar-refractivity contribution is 6.49. The maximum atomic E-state index is 11.9. The van der Waals surface area contributed by atoms with E-state index in [0.717, 1.165) is 25.3 Å². The van der Waals surface area contributed by atoms with Crippen LogP contribution in [0, 0.1) is 0 Å². The molecule has 0 saturated carbocycles. The van der Waals surface area contributed by atoms with Gasteiger partial charge < -0.3 is 5.32 Å². The van der Waals surface area contributed by atoms with E-state index >= 15 is 0 Å². The zero-order valence-electron chi connectivity index (χ0n) is 14.8. The summed E-state index contributed by atoms with van der Waals surface area (Å²) < 4.78 is 0. The van der Waals surface area contributed by atoms with E-state index in [2.05, 4.69) is 12.2 Å². The molecule has 1 rings (SSSR count). The van der Waals surface area contributed by atoms with E-state index in [4.69, 9.17) is 11.6 Å². The fraction of sp³-hybridized carbons (Fsp3) is 0.632. The van der Waals surface area contributed by atoms with Gasteiger partial charge >= 0.3 is 0 Å². The minimum atomic E-state index is -0.491. The van der Waals surface area contributed by atoms with Crippen LogP contribution in [0.4, 0.5) is 0 Å². The molecule has 0 aromatic heterocycles. The molecule has 0 radical (unpaired) electrons. The molecule has 1 aliphatic carbocycles. The first-order valence-corrected chi connectivity index (χ1v) is 9.32. The number of carbonyl (C=O) groups is 3. The van der Waals surface area contributed by atoms with Gasteiger partial charge in [-0.1, -0.05) is 69.9 Å². The molecule has 0 saturated heterocycles. The molecule has 0 spiro atoms. The smallest absolute Gasteiger partial charge is 0.224 e. The summed E-state index contributed by atoms with van der Waals surface area (Å²) in [5, 5.41) is 2.40. The van der Waals surface area contributed by atoms with Crippen LogP contribution in [-0.4, -0.2) is 17.5 Å². The van der Waals surface area contributed by atoms with E-state index in [1.54, 1.807) is 0 Å². The first kappa shape index (κ1) is 20.6. The van der Waals surface area contributed by atoms with Gasteiger partial charge in [0.2, 0.25) is 11.7 Å². The quantitative estimate of drug-likeness (QED) is 0.437. The Kier molecular flexibility index (Phi) is 9.62. The van der Waals surface area contributed by atoms with E-state index in [-0.39, 0.29) is 28.0 Å². The highest BCUT2D eigenvalue weighted by atomic mass is 35.5. The van der Waals surface area contributed by atoms with Gasteiger partial charge in [0.25, 0.3) is 0 Å². The molecular formula is C19H28ClNO3. The monoisotopic (exact) mass is 353 g/mol. The highest BCUT2D eigenvalue weighted by Crippen LogP contribution is 2.20. The molecule has 0 aromatic rings. The summed E-state index contributed by atoms with van der Waals surface area (Å²) in [4.78, 5) is 35.4. The Balaban J connectivity index is 2.18. The van der Waals surface area contributed by atoms with Crippen molar-refractivity contribution in [3.63, 3.8) is 0 Å². The molecule has 0 fully saturated rings. The van der Waals surface area contributed by atoms with Gasteiger partial charge in [0.15, 0.2) is 5.78 Å². The summed E-state index contributed by atoms with van der Waals surface area (Å²) in [5.74, 6) is -1.07. The third kappa shape index (κ3) is 7.00. The van der Waals surface area contributed by atoms with Crippen LogP contribution in [0.3, 0.4) is 0 Å². The van der Waals surface area contributed by atoms with Gasteiger partial charge in [-0.05, 0) is 13.3 Å². The van der Waals surface area contributed by atoms with Crippen molar-refractivity contribution in [2.45, 2.75) is 78.1 Å². The van der Waals surface area contributed by atoms with E-state index in [0.29, 0.717) is 6.42 Å². The van der Waals surface area contributed by atoms with Crippen molar-refractivity contribution >= 4 is 29.1 Å². The Hall–Kier alpha value is -1.42. The lowest BCUT2D eigenvalue weighted by Crippen LogP contribution is -2.30. The summed E-state index contributed by atoms with van der Waals surface area (Å²) in [5.41, 5.74) is 0.204. The molecule has 5 heteroatoms. The number of Topliss-reactive ketones (excluding diaryl/α,β-unsaturated/α-hetero) is 1. The van der Waals surface area contributed by atoms with Gasteiger partial charge in [0.05, 0.1) is 10.7 Å². The van der Waals surface area contributed by atoms with E-state index in [1.807, 2.05) is 0 Å². The Bertz CT molecular complexity index is 535. The Morgan fingerprint density at radius 3 is 2.12 bits per heavy atom. The number of unbranched alkanes of at least 4 members (excludes halogenated alkanes) is 8. The number of ketones is 2. The SMILES string of the molecule is CCCCCCCCCCCC(=O)NC1=CC(=O)C(C)=C(Cl)C1=O. The van der Waals surface area contributed by atoms with Crippen molar-refractivity contribution in [3.8, 4) is 0 Å². The molecule has 1 N–H and O–H groups in total. The summed E-state index contributed by atoms with van der Waals surface area (Å²) in [7, 11) is 0. The standard InChI is InChI=1S/C19H28ClNO3/c1-3-4-5-6-7-8-9-10-11-12-17(23)21-15-13-16(22)14(2)18(20)19(15)24/h13H,3-12H2,1-2H3,(H,21,23). The second kappa shape index (κ2) is 11.2. The molecule has 134 valence electrons. The van der Waals surface area contributed by atoms with Crippen LogP contribution in [0.1, 0.15) is 78.1 Å². The van der Waals surface area contributed by atoms with Crippen molar-refractivity contribution in [3.05, 3.63) is 22.4 Å². The minimum Gasteiger partial charge on any atom is -0.323 e. The lowest BCUT2D eigenvalue weighted by atomic mass is 10.0. The van der Waals surface area contributed by atoms with Gasteiger partial charge in [-0.25, -0.2) is 0 Å². The molecule has 24 heavy (non-hydrogen) atoms. The molecule has 4 nitrogen and oxygen atoms in total. The van der Waals surface area contributed by atoms with Crippen LogP contribution >= 0.6 is 11.6 Å². The first-order valence-electron chi connectivity index (χ1n) is 8.94. The third-order valence-corrected chi connectivity index (χ3v) is 4.65. The number of amides is 1. The van der Waals surface area contributed by atoms with Gasteiger partial charge in [0, 0.05) is 18.1 Å². The largest absolute Gasteiger partial charge is 0.323 e. The third-order valence-electron chi connectivity index (χ3n) is 4.20. The van der Waals surface area contributed by atoms with Crippen molar-refractivity contribution in [2.75, 3.05) is 0 Å². The number of halogens is 1. The molecule has 0 aromatic carbocycles. The molecule has 0 bridgehead atoms. The second-order valence-corrected chi connectivity index (χ2v) is 6.69. The van der Waals surface area contributed by atoms with Crippen molar-refractivity contribution < 1.29 is 14.4 Å². The fourth-order valence-electron chi connectivity index (χ4n) is 2.60. The summed E-state index contributed by atoms with van der Waals surface area (Å²) in [6.07, 6.45) is 12.1. The van der Waals surface area contributed by atoms with E-state index in [1.165, 1.54) is 45.4 Å². The predicted molar refractivity (Wildman–Crippen MR) is 96.6 cm³/mol. The molecule has 1 amide bonds. The normalized spacial score (nSPS) is 14.9. The number of nitrogens with one attached hydrogen (secondary N) is 1. The van der Waals surface area contributed by atoms with Crippen LogP contribution in [0.15, 0.2) is 22.4 Å². The van der Waals surface area contributed by atoms with Gasteiger partial charge in [-0.3, -0.25) is 14.4 Å². The molecular weight excluding hydrogens is 326 g/mol. The van der Waals surface area contributed by atoms with Crippen molar-refractivity contribution in [1.29, 1.82) is 0 Å². The Morgan fingerprint density at radius 1 is 1.00 bits per heavy atom. The van der Waals surface area contributed by atoms with Crippen molar-refractivity contribution in [2.24, 2.45) is 0 Å². The predicted octanol–water partition coefficient (Wildman–Crippen LogP) is 4.57. The number of hydrogen-bond acceptors (Lipinski definition) is 3. The molecule has 1 aliphatic rings. The van der Waals surface area contributed by atoms with Crippen LogP contribution < -0.4 is 5.32 Å². The maximum absolute atomic E-state index is 11.9. The molecule has 0 heterocycles. The average molecular weight is 354 g/mol. The van der Waals surface area contributed by atoms with Crippen molar-refractivity contribution in [1.82, 2.24) is 5.32 Å². The van der Waals surface area contributed by atoms with Crippen LogP contribution in [0.25, 0.3) is 0 Å². The van der Waals surface area contributed by atoms with Crippen LogP contribution in [0.5, 0.6) is 0 Å². The minimum absolute atomic E-state index is 0.0171. The zero-order valence-corrected chi connectivity index (χ0v) is 15.5. The molecule has 0 atom stereocenters. The summed E-state index contributed by atoms with van der Waals surface area (Å²) >= 11 is 5.81. The van der Waals surface area contributed by atoms with Crippen LogP contribution in [0.2, 0.25) is 0 Å². The lowest BCUT2D eigenvalue weighted by molar-refractivity contribution is -0.122. The number of carbonyl (C=O) groups excluding carboxylic acids is 3. The Morgan fingerprint density at radius 2 is 1.54 bits per heavy atom. The van der Waals surface area contributed by atoms with E-state index < -0.39 is 5.78 Å². The number of allylic oxidation sites excluding steroid dienone is 3. The maximum Gasteiger partial charge on any atom is 0.224 e. The van der Waals surface area contributed by atoms with Gasteiger partial charge in [-0.2, -0.15) is 0 Å². The highest BCUT2D eigenvalue weighted by Gasteiger charge is 2.25. The summed E-state index contributed by atoms with van der Waals surface area (Å²) in [6.45, 7) is 3.71. The fourth-order valence-corrected chi connectivity index (χ4v) is 2.80. The molecule has 0 unspecified atom stereocenters. The Labute approximate surface area is 149 Å². The first-order chi connectivity index (χ1) is 11.5. The van der Waals surface area contributed by atoms with Gasteiger partial charge in [0.1, 0.15) is 0 Å². The number of hydrogen-bond donors (Lipinski definition) is 1. The number of rotatable bonds is 11. The van der Waals surface area contributed by atoms with Gasteiger partial charge in [-0.15, -0.1) is 0 Å². The van der Waals surface area contributed by atoms with Crippen LogP contribution in [-0.2, 0) is 14.4 Å². The second-order valence-electron chi connectivity index (χ2n) is 6.32. The lowest BCUT2D eigenvalue weighted by Gasteiger charge is -2.13. The average Bonchev–Trinajstić information content (AvgIpc) is 2.56. The van der Waals surface area contributed by atoms with E-state index in [9.17, 15) is 14.4 Å². The zero-order chi connectivity index (χ0) is 17.9. The summed E-state index contributed by atoms with van der Waals surface area (Å²) in [6, 6.07) is 0.